The van der Waals surface area contributed by atoms with Crippen LogP contribution in [0.5, 0.6) is 5.75 Å². The molecule has 3 aromatic rings. The van der Waals surface area contributed by atoms with Crippen LogP contribution in [0.25, 0.3) is 21.9 Å². The maximum Gasteiger partial charge on any atom is 0.123 e. The number of aromatic hydroxyl groups is 1. The fraction of sp³-hybridized carbons (Fsp3) is 0. The number of phenols is 1. The van der Waals surface area contributed by atoms with Gasteiger partial charge >= 0.3 is 0 Å². The molecule has 0 aliphatic carbocycles. The quantitative estimate of drug-likeness (QED) is 0.657. The van der Waals surface area contributed by atoms with E-state index in [0.29, 0.717) is 5.75 Å². The fourth-order valence-corrected chi connectivity index (χ4v) is 2.29. The van der Waals surface area contributed by atoms with Gasteiger partial charge < -0.3 is 5.11 Å². The summed E-state index contributed by atoms with van der Waals surface area (Å²) in [7, 11) is 0. The molecule has 0 atom stereocenters. The van der Waals surface area contributed by atoms with E-state index in [0.717, 1.165) is 26.9 Å². The first-order valence-corrected chi connectivity index (χ1v) is 6.10. The van der Waals surface area contributed by atoms with E-state index in [1.54, 1.807) is 6.07 Å². The molecule has 0 spiro atoms. The lowest BCUT2D eigenvalue weighted by atomic mass is 9.98. The van der Waals surface area contributed by atoms with Crippen LogP contribution in [0.4, 0.5) is 0 Å². The number of hydrogen-bond donors (Lipinski definition) is 1. The zero-order valence-electron chi connectivity index (χ0n) is 9.60. The van der Waals surface area contributed by atoms with Gasteiger partial charge in [0.05, 0.1) is 0 Å². The highest BCUT2D eigenvalue weighted by Crippen LogP contribution is 2.33. The summed E-state index contributed by atoms with van der Waals surface area (Å²) in [5.74, 6) is 0.309. The summed E-state index contributed by atoms with van der Waals surface area (Å²) in [5.41, 5.74) is 2.19. The molecule has 0 bridgehead atoms. The third-order valence-corrected chi connectivity index (χ3v) is 3.31. The second-order valence-corrected chi connectivity index (χ2v) is 4.62. The average Bonchev–Trinajstić information content (AvgIpc) is 2.41. The van der Waals surface area contributed by atoms with Crippen molar-refractivity contribution in [3.63, 3.8) is 0 Å². The molecule has 0 aliphatic heterocycles. The Labute approximate surface area is 110 Å². The van der Waals surface area contributed by atoms with Crippen molar-refractivity contribution < 1.29 is 5.11 Å². The van der Waals surface area contributed by atoms with Gasteiger partial charge in [0.15, 0.2) is 0 Å². The lowest BCUT2D eigenvalue weighted by Gasteiger charge is -2.08. The summed E-state index contributed by atoms with van der Waals surface area (Å²) < 4.78 is 0. The standard InChI is InChI=1S/C16H11ClO/c17-12-7-5-11(6-8-12)13-9-10-16(18)15-4-2-1-3-14(13)15/h1-10,18H. The Hall–Kier alpha value is -1.99. The molecule has 0 radical (unpaired) electrons. The minimum absolute atomic E-state index is 0.309. The molecular weight excluding hydrogens is 244 g/mol. The Morgan fingerprint density at radius 2 is 1.39 bits per heavy atom. The second kappa shape index (κ2) is 4.35. The molecule has 0 unspecified atom stereocenters. The number of phenolic OH excluding ortho intramolecular Hbond substituents is 1. The van der Waals surface area contributed by atoms with Gasteiger partial charge in [0, 0.05) is 10.4 Å². The number of benzene rings is 3. The third-order valence-electron chi connectivity index (χ3n) is 3.06. The van der Waals surface area contributed by atoms with Gasteiger partial charge in [-0.05, 0) is 34.7 Å². The SMILES string of the molecule is Oc1ccc(-c2ccc(Cl)cc2)c2ccccc12. The second-order valence-electron chi connectivity index (χ2n) is 4.18. The van der Waals surface area contributed by atoms with E-state index in [-0.39, 0.29) is 0 Å². The molecule has 0 fully saturated rings. The predicted molar refractivity (Wildman–Crippen MR) is 76.1 cm³/mol. The topological polar surface area (TPSA) is 20.2 Å². The summed E-state index contributed by atoms with van der Waals surface area (Å²) in [6, 6.07) is 19.2. The molecule has 0 saturated carbocycles. The molecule has 1 N–H and O–H groups in total. The van der Waals surface area contributed by atoms with Gasteiger partial charge in [-0.25, -0.2) is 0 Å². The van der Waals surface area contributed by atoms with E-state index in [1.807, 2.05) is 54.6 Å². The average molecular weight is 255 g/mol. The monoisotopic (exact) mass is 254 g/mol. The normalized spacial score (nSPS) is 10.7. The van der Waals surface area contributed by atoms with Crippen molar-refractivity contribution in [1.82, 2.24) is 0 Å². The summed E-state index contributed by atoms with van der Waals surface area (Å²) in [5, 5.41) is 12.5. The maximum absolute atomic E-state index is 9.87. The van der Waals surface area contributed by atoms with Crippen LogP contribution in [-0.4, -0.2) is 5.11 Å². The zero-order chi connectivity index (χ0) is 12.5. The molecule has 2 heteroatoms. The van der Waals surface area contributed by atoms with Crippen molar-refractivity contribution >= 4 is 22.4 Å². The highest BCUT2D eigenvalue weighted by atomic mass is 35.5. The smallest absolute Gasteiger partial charge is 0.123 e. The van der Waals surface area contributed by atoms with Crippen molar-refractivity contribution in [2.75, 3.05) is 0 Å². The van der Waals surface area contributed by atoms with Crippen LogP contribution in [0.1, 0.15) is 0 Å². The Bertz CT molecular complexity index is 702. The van der Waals surface area contributed by atoms with Crippen molar-refractivity contribution in [2.24, 2.45) is 0 Å². The Balaban J connectivity index is 2.30. The minimum atomic E-state index is 0.309. The van der Waals surface area contributed by atoms with Crippen molar-refractivity contribution in [3.8, 4) is 16.9 Å². The summed E-state index contributed by atoms with van der Waals surface area (Å²) in [6.07, 6.45) is 0. The van der Waals surface area contributed by atoms with Crippen LogP contribution in [0, 0.1) is 0 Å². The first kappa shape index (κ1) is 11.1. The molecule has 0 aliphatic rings. The molecule has 0 saturated heterocycles. The van der Waals surface area contributed by atoms with E-state index >= 15 is 0 Å². The summed E-state index contributed by atoms with van der Waals surface area (Å²) >= 11 is 5.90. The highest BCUT2D eigenvalue weighted by Gasteiger charge is 2.06. The van der Waals surface area contributed by atoms with Crippen LogP contribution in [0.3, 0.4) is 0 Å². The van der Waals surface area contributed by atoms with Crippen molar-refractivity contribution in [2.45, 2.75) is 0 Å². The maximum atomic E-state index is 9.87. The Morgan fingerprint density at radius 3 is 2.11 bits per heavy atom. The molecule has 18 heavy (non-hydrogen) atoms. The van der Waals surface area contributed by atoms with Gasteiger partial charge in [0.25, 0.3) is 0 Å². The molecule has 3 rings (SSSR count). The summed E-state index contributed by atoms with van der Waals surface area (Å²) in [4.78, 5) is 0. The number of fused-ring (bicyclic) bond motifs is 1. The van der Waals surface area contributed by atoms with Crippen LogP contribution in [0.15, 0.2) is 60.7 Å². The van der Waals surface area contributed by atoms with Crippen molar-refractivity contribution in [1.29, 1.82) is 0 Å². The van der Waals surface area contributed by atoms with Crippen LogP contribution >= 0.6 is 11.6 Å². The largest absolute Gasteiger partial charge is 0.507 e. The molecule has 0 heterocycles. The van der Waals surface area contributed by atoms with E-state index in [1.165, 1.54) is 0 Å². The molecule has 0 aromatic heterocycles. The van der Waals surface area contributed by atoms with Gasteiger partial charge in [0.2, 0.25) is 0 Å². The first-order valence-electron chi connectivity index (χ1n) is 5.72. The molecule has 3 aromatic carbocycles. The van der Waals surface area contributed by atoms with E-state index in [4.69, 9.17) is 11.6 Å². The minimum Gasteiger partial charge on any atom is -0.507 e. The van der Waals surface area contributed by atoms with Crippen LogP contribution in [0.2, 0.25) is 5.02 Å². The lowest BCUT2D eigenvalue weighted by Crippen LogP contribution is -1.81. The lowest BCUT2D eigenvalue weighted by molar-refractivity contribution is 0.481. The van der Waals surface area contributed by atoms with Gasteiger partial charge in [0.1, 0.15) is 5.75 Å². The zero-order valence-corrected chi connectivity index (χ0v) is 10.4. The molecule has 0 amide bonds. The molecule has 1 nitrogen and oxygen atoms in total. The predicted octanol–water partition coefficient (Wildman–Crippen LogP) is 4.87. The summed E-state index contributed by atoms with van der Waals surface area (Å²) in [6.45, 7) is 0. The number of rotatable bonds is 1. The number of hydrogen-bond acceptors (Lipinski definition) is 1. The first-order chi connectivity index (χ1) is 8.75. The molecular formula is C16H11ClO. The van der Waals surface area contributed by atoms with E-state index in [2.05, 4.69) is 0 Å². The van der Waals surface area contributed by atoms with Gasteiger partial charge in [-0.1, -0.05) is 54.1 Å². The highest BCUT2D eigenvalue weighted by molar-refractivity contribution is 6.30. The fourth-order valence-electron chi connectivity index (χ4n) is 2.16. The van der Waals surface area contributed by atoms with Crippen LogP contribution in [-0.2, 0) is 0 Å². The molecule has 88 valence electrons. The van der Waals surface area contributed by atoms with E-state index < -0.39 is 0 Å². The number of halogens is 1. The van der Waals surface area contributed by atoms with E-state index in [9.17, 15) is 5.11 Å². The van der Waals surface area contributed by atoms with Gasteiger partial charge in [-0.15, -0.1) is 0 Å². The van der Waals surface area contributed by atoms with Crippen molar-refractivity contribution in [3.05, 3.63) is 65.7 Å². The van der Waals surface area contributed by atoms with Gasteiger partial charge in [-0.2, -0.15) is 0 Å². The van der Waals surface area contributed by atoms with Crippen LogP contribution < -0.4 is 0 Å². The third kappa shape index (κ3) is 1.83. The van der Waals surface area contributed by atoms with Gasteiger partial charge in [-0.3, -0.25) is 0 Å². The Kier molecular flexibility index (Phi) is 2.69. The Morgan fingerprint density at radius 1 is 0.722 bits per heavy atom.